The number of sulfonamides is 1. The number of nitrogens with one attached hydrogen (secondary N) is 1. The summed E-state index contributed by atoms with van der Waals surface area (Å²) in [6.45, 7) is 2.47. The van der Waals surface area contributed by atoms with Crippen LogP contribution in [-0.2, 0) is 14.8 Å². The van der Waals surface area contributed by atoms with Gasteiger partial charge >= 0.3 is 0 Å². The smallest absolute Gasteiger partial charge is 0.244 e. The highest BCUT2D eigenvalue weighted by Gasteiger charge is 2.33. The van der Waals surface area contributed by atoms with E-state index in [1.54, 1.807) is 36.4 Å². The summed E-state index contributed by atoms with van der Waals surface area (Å²) < 4.78 is 32.0. The van der Waals surface area contributed by atoms with Crippen LogP contribution in [0.25, 0.3) is 0 Å². The van der Waals surface area contributed by atoms with Gasteiger partial charge in [-0.15, -0.1) is 0 Å². The second kappa shape index (κ2) is 7.84. The Labute approximate surface area is 152 Å². The Morgan fingerprint density at radius 2 is 2.08 bits per heavy atom. The first kappa shape index (κ1) is 18.3. The fraction of sp³-hybridized carbons (Fsp3) is 0.333. The maximum Gasteiger partial charge on any atom is 0.244 e. The summed E-state index contributed by atoms with van der Waals surface area (Å²) in [6, 6.07) is 10.2. The molecular weight excluding hydrogens is 354 g/mol. The summed E-state index contributed by atoms with van der Waals surface area (Å²) in [5, 5.41) is 3.86. The molecule has 0 saturated carbocycles. The lowest BCUT2D eigenvalue weighted by Crippen LogP contribution is -2.44. The minimum absolute atomic E-state index is 0.151. The van der Waals surface area contributed by atoms with Gasteiger partial charge in [-0.05, 0) is 44.0 Å². The van der Waals surface area contributed by atoms with E-state index in [4.69, 9.17) is 4.42 Å². The third-order valence-electron chi connectivity index (χ3n) is 4.32. The minimum Gasteiger partial charge on any atom is -0.463 e. The normalized spacial score (nSPS) is 18.9. The number of hydrogen-bond donors (Lipinski definition) is 1. The van der Waals surface area contributed by atoms with Crippen molar-refractivity contribution in [2.75, 3.05) is 13.1 Å². The number of aryl methyl sites for hydroxylation is 1. The first-order valence-electron chi connectivity index (χ1n) is 8.40. The first-order valence-corrected chi connectivity index (χ1v) is 9.84. The monoisotopic (exact) mass is 375 g/mol. The Morgan fingerprint density at radius 3 is 2.77 bits per heavy atom. The lowest BCUT2D eigenvalue weighted by Gasteiger charge is -2.30. The van der Waals surface area contributed by atoms with E-state index in [9.17, 15) is 13.2 Å². The van der Waals surface area contributed by atoms with Crippen molar-refractivity contribution >= 4 is 22.1 Å². The maximum absolute atomic E-state index is 12.8. The molecule has 1 N–H and O–H groups in total. The summed E-state index contributed by atoms with van der Waals surface area (Å²) in [7, 11) is -3.60. The zero-order valence-electron chi connectivity index (χ0n) is 14.5. The average molecular weight is 375 g/mol. The lowest BCUT2D eigenvalue weighted by atomic mass is 9.99. The molecule has 0 unspecified atom stereocenters. The summed E-state index contributed by atoms with van der Waals surface area (Å²) in [6.07, 6.45) is 4.17. The zero-order chi connectivity index (χ0) is 18.6. The maximum atomic E-state index is 12.8. The molecule has 0 radical (unpaired) electrons. The van der Waals surface area contributed by atoms with Gasteiger partial charge in [0.1, 0.15) is 5.76 Å². The van der Waals surface area contributed by atoms with Crippen LogP contribution in [-0.4, -0.2) is 37.9 Å². The zero-order valence-corrected chi connectivity index (χ0v) is 15.3. The van der Waals surface area contributed by atoms with E-state index in [0.717, 1.165) is 5.56 Å². The van der Waals surface area contributed by atoms with Crippen LogP contribution in [0.5, 0.6) is 0 Å². The van der Waals surface area contributed by atoms with E-state index >= 15 is 0 Å². The molecule has 138 valence electrons. The van der Waals surface area contributed by atoms with E-state index in [1.807, 2.05) is 6.92 Å². The van der Waals surface area contributed by atoms with Crippen LogP contribution >= 0.6 is 0 Å². The van der Waals surface area contributed by atoms with Crippen molar-refractivity contribution in [1.29, 1.82) is 0 Å². The van der Waals surface area contributed by atoms with E-state index in [1.165, 1.54) is 16.8 Å². The molecule has 0 aliphatic carbocycles. The molecule has 2 heterocycles. The number of hydrogen-bond acceptors (Lipinski definition) is 5. The third kappa shape index (κ3) is 4.20. The molecule has 1 aliphatic heterocycles. The van der Waals surface area contributed by atoms with E-state index in [0.29, 0.717) is 25.1 Å². The summed E-state index contributed by atoms with van der Waals surface area (Å²) in [5.41, 5.74) is 3.45. The molecule has 8 heteroatoms. The highest BCUT2D eigenvalue weighted by molar-refractivity contribution is 7.89. The number of nitrogens with zero attached hydrogens (tertiary/aromatic N) is 2. The van der Waals surface area contributed by atoms with Crippen LogP contribution < -0.4 is 5.43 Å². The molecule has 1 amide bonds. The van der Waals surface area contributed by atoms with Gasteiger partial charge in [0.05, 0.1) is 23.3 Å². The predicted octanol–water partition coefficient (Wildman–Crippen LogP) is 2.14. The second-order valence-electron chi connectivity index (χ2n) is 6.26. The van der Waals surface area contributed by atoms with Crippen molar-refractivity contribution in [3.05, 3.63) is 54.0 Å². The topological polar surface area (TPSA) is 92.0 Å². The Kier molecular flexibility index (Phi) is 5.53. The van der Waals surface area contributed by atoms with Gasteiger partial charge in [-0.25, -0.2) is 13.8 Å². The minimum atomic E-state index is -3.60. The summed E-state index contributed by atoms with van der Waals surface area (Å²) >= 11 is 0. The average Bonchev–Trinajstić information content (AvgIpc) is 3.15. The molecule has 1 atom stereocenters. The van der Waals surface area contributed by atoms with Crippen LogP contribution in [0, 0.1) is 12.8 Å². The van der Waals surface area contributed by atoms with Crippen LogP contribution in [0.4, 0.5) is 0 Å². The van der Waals surface area contributed by atoms with Crippen molar-refractivity contribution in [2.45, 2.75) is 24.7 Å². The third-order valence-corrected chi connectivity index (χ3v) is 6.20. The first-order chi connectivity index (χ1) is 12.5. The number of amides is 1. The fourth-order valence-corrected chi connectivity index (χ4v) is 4.37. The van der Waals surface area contributed by atoms with Crippen LogP contribution in [0.3, 0.4) is 0 Å². The van der Waals surface area contributed by atoms with E-state index < -0.39 is 15.9 Å². The lowest BCUT2D eigenvalue weighted by molar-refractivity contribution is -0.126. The molecule has 1 aromatic carbocycles. The Hall–Kier alpha value is -2.45. The van der Waals surface area contributed by atoms with E-state index in [-0.39, 0.29) is 17.3 Å². The summed E-state index contributed by atoms with van der Waals surface area (Å²) in [5.74, 6) is -0.202. The number of carbonyl (C=O) groups excluding carboxylic acids is 1. The van der Waals surface area contributed by atoms with Gasteiger partial charge in [0, 0.05) is 13.1 Å². The van der Waals surface area contributed by atoms with Crippen LogP contribution in [0.2, 0.25) is 0 Å². The highest BCUT2D eigenvalue weighted by Crippen LogP contribution is 2.24. The van der Waals surface area contributed by atoms with Crippen molar-refractivity contribution in [1.82, 2.24) is 9.73 Å². The van der Waals surface area contributed by atoms with Crippen molar-refractivity contribution in [3.63, 3.8) is 0 Å². The highest BCUT2D eigenvalue weighted by atomic mass is 32.2. The standard InChI is InChI=1S/C18H21N3O4S/c1-14-6-8-17(9-7-14)26(23,24)21-10-2-4-15(13-21)18(22)20-19-12-16-5-3-11-25-16/h3,5-9,11-12,15H,2,4,10,13H2,1H3,(H,20,22)/b19-12-/t15-/m0/s1. The van der Waals surface area contributed by atoms with Gasteiger partial charge in [0.25, 0.3) is 0 Å². The number of furan rings is 1. The molecule has 0 spiro atoms. The molecule has 3 rings (SSSR count). The van der Waals surface area contributed by atoms with Crippen LogP contribution in [0.15, 0.2) is 57.1 Å². The Bertz CT molecular complexity index is 874. The number of carbonyl (C=O) groups is 1. The number of piperidine rings is 1. The van der Waals surface area contributed by atoms with Gasteiger partial charge in [0.15, 0.2) is 0 Å². The number of benzene rings is 1. The second-order valence-corrected chi connectivity index (χ2v) is 8.20. The largest absolute Gasteiger partial charge is 0.463 e. The summed E-state index contributed by atoms with van der Waals surface area (Å²) in [4.78, 5) is 12.6. The SMILES string of the molecule is Cc1ccc(S(=O)(=O)N2CCC[C@H](C(=O)N/N=C\c3ccco3)C2)cc1. The van der Waals surface area contributed by atoms with Gasteiger partial charge in [-0.1, -0.05) is 17.7 Å². The fourth-order valence-electron chi connectivity index (χ4n) is 2.85. The van der Waals surface area contributed by atoms with Crippen LogP contribution in [0.1, 0.15) is 24.2 Å². The van der Waals surface area contributed by atoms with Crippen molar-refractivity contribution < 1.29 is 17.6 Å². The Morgan fingerprint density at radius 1 is 1.31 bits per heavy atom. The molecule has 1 aromatic heterocycles. The molecule has 2 aromatic rings. The molecule has 0 bridgehead atoms. The van der Waals surface area contributed by atoms with Gasteiger partial charge < -0.3 is 4.42 Å². The molecule has 7 nitrogen and oxygen atoms in total. The molecule has 26 heavy (non-hydrogen) atoms. The molecule has 1 aliphatic rings. The number of rotatable bonds is 5. The van der Waals surface area contributed by atoms with Crippen molar-refractivity contribution in [3.8, 4) is 0 Å². The predicted molar refractivity (Wildman–Crippen MR) is 97.1 cm³/mol. The molecule has 1 fully saturated rings. The van der Waals surface area contributed by atoms with Gasteiger partial charge in [0.2, 0.25) is 15.9 Å². The van der Waals surface area contributed by atoms with Gasteiger partial charge in [-0.2, -0.15) is 9.41 Å². The van der Waals surface area contributed by atoms with E-state index in [2.05, 4.69) is 10.5 Å². The quantitative estimate of drug-likeness (QED) is 0.640. The Balaban J connectivity index is 1.64. The molecular formula is C18H21N3O4S. The van der Waals surface area contributed by atoms with Crippen molar-refractivity contribution in [2.24, 2.45) is 11.0 Å². The molecule has 1 saturated heterocycles. The van der Waals surface area contributed by atoms with Gasteiger partial charge in [-0.3, -0.25) is 4.79 Å². The number of hydrazone groups is 1.